The number of nitrogens with zero attached hydrogens (tertiary/aromatic N) is 2. The molecule has 0 bridgehead atoms. The van der Waals surface area contributed by atoms with E-state index in [-0.39, 0.29) is 29.3 Å². The zero-order chi connectivity index (χ0) is 14.7. The molecule has 0 spiro atoms. The van der Waals surface area contributed by atoms with Crippen LogP contribution in [0.3, 0.4) is 0 Å². The van der Waals surface area contributed by atoms with E-state index in [0.717, 1.165) is 0 Å². The molecule has 2 rings (SSSR count). The fourth-order valence-corrected chi connectivity index (χ4v) is 1.80. The first-order valence-corrected chi connectivity index (χ1v) is 6.40. The number of carbonyl (C=O) groups excluding carboxylic acids is 1. The highest BCUT2D eigenvalue weighted by molar-refractivity contribution is 6.31. The molecule has 2 aromatic rings. The quantitative estimate of drug-likeness (QED) is 0.942. The SMILES string of the molecule is CC(C)NC(=O)c1nnc(Cc2ccc(F)cc2Cl)o1. The van der Waals surface area contributed by atoms with E-state index >= 15 is 0 Å². The van der Waals surface area contributed by atoms with Crippen LogP contribution in [0.4, 0.5) is 4.39 Å². The molecule has 0 fully saturated rings. The van der Waals surface area contributed by atoms with Crippen LogP contribution in [0.1, 0.15) is 36.0 Å². The maximum Gasteiger partial charge on any atom is 0.309 e. The highest BCUT2D eigenvalue weighted by Gasteiger charge is 2.16. The predicted molar refractivity (Wildman–Crippen MR) is 71.1 cm³/mol. The minimum absolute atomic E-state index is 0.0237. The third-order valence-electron chi connectivity index (χ3n) is 2.44. The molecule has 1 amide bonds. The second kappa shape index (κ2) is 6.00. The minimum atomic E-state index is -0.427. The summed E-state index contributed by atoms with van der Waals surface area (Å²) in [6.07, 6.45) is 0.237. The number of benzene rings is 1. The number of hydrogen-bond acceptors (Lipinski definition) is 4. The fourth-order valence-electron chi connectivity index (χ4n) is 1.57. The van der Waals surface area contributed by atoms with Crippen molar-refractivity contribution >= 4 is 17.5 Å². The number of aromatic nitrogens is 2. The number of carbonyl (C=O) groups is 1. The normalized spacial score (nSPS) is 10.8. The van der Waals surface area contributed by atoms with Crippen LogP contribution in [-0.4, -0.2) is 22.1 Å². The molecule has 20 heavy (non-hydrogen) atoms. The van der Waals surface area contributed by atoms with E-state index in [1.807, 2.05) is 13.8 Å². The molecule has 0 atom stereocenters. The smallest absolute Gasteiger partial charge is 0.309 e. The van der Waals surface area contributed by atoms with Crippen LogP contribution in [0.5, 0.6) is 0 Å². The van der Waals surface area contributed by atoms with Gasteiger partial charge >= 0.3 is 11.8 Å². The molecule has 0 aliphatic rings. The largest absolute Gasteiger partial charge is 0.417 e. The fraction of sp³-hybridized carbons (Fsp3) is 0.308. The van der Waals surface area contributed by atoms with Crippen molar-refractivity contribution in [2.75, 3.05) is 0 Å². The lowest BCUT2D eigenvalue weighted by Crippen LogP contribution is -2.30. The second-order valence-corrected chi connectivity index (χ2v) is 4.95. The van der Waals surface area contributed by atoms with Crippen LogP contribution < -0.4 is 5.32 Å². The zero-order valence-corrected chi connectivity index (χ0v) is 11.7. The van der Waals surface area contributed by atoms with Gasteiger partial charge in [-0.05, 0) is 31.5 Å². The summed E-state index contributed by atoms with van der Waals surface area (Å²) in [5.74, 6) is -0.704. The molecule has 0 unspecified atom stereocenters. The van der Waals surface area contributed by atoms with Crippen LogP contribution in [0.25, 0.3) is 0 Å². The molecule has 0 aliphatic carbocycles. The molecule has 5 nitrogen and oxygen atoms in total. The van der Waals surface area contributed by atoms with E-state index in [2.05, 4.69) is 15.5 Å². The van der Waals surface area contributed by atoms with E-state index in [0.29, 0.717) is 5.56 Å². The van der Waals surface area contributed by atoms with Gasteiger partial charge in [-0.2, -0.15) is 0 Å². The molecule has 0 saturated carbocycles. The van der Waals surface area contributed by atoms with Gasteiger partial charge in [0.2, 0.25) is 5.89 Å². The Morgan fingerprint density at radius 3 is 2.85 bits per heavy atom. The Morgan fingerprint density at radius 1 is 1.45 bits per heavy atom. The third-order valence-corrected chi connectivity index (χ3v) is 2.79. The average molecular weight is 298 g/mol. The van der Waals surface area contributed by atoms with E-state index in [1.54, 1.807) is 0 Å². The molecule has 1 N–H and O–H groups in total. The molecular formula is C13H13ClFN3O2. The van der Waals surface area contributed by atoms with Crippen molar-refractivity contribution < 1.29 is 13.6 Å². The van der Waals surface area contributed by atoms with Crippen LogP contribution in [0.2, 0.25) is 5.02 Å². The van der Waals surface area contributed by atoms with Crippen molar-refractivity contribution in [1.29, 1.82) is 0 Å². The van der Waals surface area contributed by atoms with Crippen molar-refractivity contribution in [3.63, 3.8) is 0 Å². The maximum atomic E-state index is 12.9. The van der Waals surface area contributed by atoms with Crippen LogP contribution >= 0.6 is 11.6 Å². The summed E-state index contributed by atoms with van der Waals surface area (Å²) in [6, 6.07) is 4.02. The summed E-state index contributed by atoms with van der Waals surface area (Å²) in [5.41, 5.74) is 0.646. The summed E-state index contributed by atoms with van der Waals surface area (Å²) >= 11 is 5.91. The Labute approximate surface area is 120 Å². The third kappa shape index (κ3) is 3.54. The Bertz CT molecular complexity index is 628. The number of hydrogen-bond donors (Lipinski definition) is 1. The second-order valence-electron chi connectivity index (χ2n) is 4.54. The van der Waals surface area contributed by atoms with Crippen molar-refractivity contribution in [3.8, 4) is 0 Å². The predicted octanol–water partition coefficient (Wildman–Crippen LogP) is 2.59. The maximum absolute atomic E-state index is 12.9. The van der Waals surface area contributed by atoms with Crippen LogP contribution in [0.15, 0.2) is 22.6 Å². The summed E-state index contributed by atoms with van der Waals surface area (Å²) in [6.45, 7) is 3.65. The van der Waals surface area contributed by atoms with Gasteiger partial charge < -0.3 is 9.73 Å². The standard InChI is InChI=1S/C13H13ClFN3O2/c1-7(2)16-12(19)13-18-17-11(20-13)5-8-3-4-9(15)6-10(8)14/h3-4,6-7H,5H2,1-2H3,(H,16,19). The van der Waals surface area contributed by atoms with Gasteiger partial charge in [-0.1, -0.05) is 17.7 Å². The molecule has 1 aromatic heterocycles. The highest BCUT2D eigenvalue weighted by atomic mass is 35.5. The summed E-state index contributed by atoms with van der Waals surface area (Å²) in [4.78, 5) is 11.6. The van der Waals surface area contributed by atoms with E-state index in [9.17, 15) is 9.18 Å². The summed E-state index contributed by atoms with van der Waals surface area (Å²) < 4.78 is 18.2. The van der Waals surface area contributed by atoms with Crippen molar-refractivity contribution in [2.24, 2.45) is 0 Å². The number of rotatable bonds is 4. The van der Waals surface area contributed by atoms with Gasteiger partial charge in [0.1, 0.15) is 5.82 Å². The zero-order valence-electron chi connectivity index (χ0n) is 11.0. The lowest BCUT2D eigenvalue weighted by atomic mass is 10.1. The van der Waals surface area contributed by atoms with Crippen molar-refractivity contribution in [2.45, 2.75) is 26.3 Å². The monoisotopic (exact) mass is 297 g/mol. The molecular weight excluding hydrogens is 285 g/mol. The van der Waals surface area contributed by atoms with E-state index in [4.69, 9.17) is 16.0 Å². The minimum Gasteiger partial charge on any atom is -0.417 e. The van der Waals surface area contributed by atoms with Crippen LogP contribution in [-0.2, 0) is 6.42 Å². The number of amides is 1. The number of nitrogens with one attached hydrogen (secondary N) is 1. The molecule has 7 heteroatoms. The Kier molecular flexibility index (Phi) is 4.34. The summed E-state index contributed by atoms with van der Waals surface area (Å²) in [7, 11) is 0. The Morgan fingerprint density at radius 2 is 2.20 bits per heavy atom. The van der Waals surface area contributed by atoms with Gasteiger partial charge in [0.25, 0.3) is 0 Å². The first-order valence-electron chi connectivity index (χ1n) is 6.03. The molecule has 1 heterocycles. The molecule has 106 valence electrons. The van der Waals surface area contributed by atoms with Crippen molar-refractivity contribution in [3.05, 3.63) is 46.4 Å². The van der Waals surface area contributed by atoms with Gasteiger partial charge in [0.05, 0.1) is 6.42 Å². The lowest BCUT2D eigenvalue weighted by Gasteiger charge is -2.04. The first-order chi connectivity index (χ1) is 9.45. The van der Waals surface area contributed by atoms with Gasteiger partial charge in [0, 0.05) is 11.1 Å². The van der Waals surface area contributed by atoms with E-state index in [1.165, 1.54) is 18.2 Å². The summed E-state index contributed by atoms with van der Waals surface area (Å²) in [5, 5.41) is 10.4. The van der Waals surface area contributed by atoms with Crippen molar-refractivity contribution in [1.82, 2.24) is 15.5 Å². The molecule has 0 radical (unpaired) electrons. The molecule has 0 saturated heterocycles. The Balaban J connectivity index is 2.11. The molecule has 0 aliphatic heterocycles. The van der Waals surface area contributed by atoms with E-state index < -0.39 is 11.7 Å². The average Bonchev–Trinajstić information content (AvgIpc) is 2.80. The topological polar surface area (TPSA) is 68.0 Å². The molecule has 1 aromatic carbocycles. The Hall–Kier alpha value is -1.95. The first kappa shape index (κ1) is 14.5. The highest BCUT2D eigenvalue weighted by Crippen LogP contribution is 2.20. The lowest BCUT2D eigenvalue weighted by molar-refractivity contribution is 0.0906. The number of halogens is 2. The van der Waals surface area contributed by atoms with Gasteiger partial charge in [-0.15, -0.1) is 10.2 Å². The van der Waals surface area contributed by atoms with Crippen LogP contribution in [0, 0.1) is 5.82 Å². The van der Waals surface area contributed by atoms with Gasteiger partial charge in [-0.25, -0.2) is 4.39 Å². The van der Waals surface area contributed by atoms with Gasteiger partial charge in [-0.3, -0.25) is 4.79 Å². The van der Waals surface area contributed by atoms with Gasteiger partial charge in [0.15, 0.2) is 0 Å².